The highest BCUT2D eigenvalue weighted by Crippen LogP contribution is 2.25. The second-order valence-corrected chi connectivity index (χ2v) is 10.8. The van der Waals surface area contributed by atoms with E-state index < -0.39 is 10.0 Å². The Morgan fingerprint density at radius 1 is 0.971 bits per heavy atom. The Morgan fingerprint density at radius 3 is 2.32 bits per heavy atom. The summed E-state index contributed by atoms with van der Waals surface area (Å²) in [6.07, 6.45) is 0.860. The molecule has 0 atom stereocenters. The van der Waals surface area contributed by atoms with Gasteiger partial charge in [-0.2, -0.15) is 0 Å². The van der Waals surface area contributed by atoms with E-state index in [4.69, 9.17) is 11.6 Å². The molecule has 0 aliphatic carbocycles. The van der Waals surface area contributed by atoms with Crippen LogP contribution in [0.25, 0.3) is 0 Å². The largest absolute Gasteiger partial charge is 0.324 e. The van der Waals surface area contributed by atoms with Crippen molar-refractivity contribution >= 4 is 39.0 Å². The van der Waals surface area contributed by atoms with Crippen LogP contribution in [0.4, 0.5) is 16.2 Å². The quantitative estimate of drug-likeness (QED) is 0.429. The number of nitrogens with one attached hydrogen (secondary N) is 1. The van der Waals surface area contributed by atoms with Gasteiger partial charge < -0.3 is 4.90 Å². The second-order valence-electron chi connectivity index (χ2n) is 8.72. The number of halogens is 1. The van der Waals surface area contributed by atoms with Crippen LogP contribution in [0, 0.1) is 0 Å². The third kappa shape index (κ3) is 5.54. The van der Waals surface area contributed by atoms with Crippen LogP contribution < -0.4 is 9.62 Å². The lowest BCUT2D eigenvalue weighted by Crippen LogP contribution is -2.49. The predicted molar refractivity (Wildman–Crippen MR) is 137 cm³/mol. The average Bonchev–Trinajstić information content (AvgIpc) is 2.81. The van der Waals surface area contributed by atoms with Gasteiger partial charge in [0.05, 0.1) is 4.90 Å². The Morgan fingerprint density at radius 2 is 1.68 bits per heavy atom. The van der Waals surface area contributed by atoms with Gasteiger partial charge in [-0.25, -0.2) is 13.2 Å². The molecule has 4 rings (SSSR count). The van der Waals surface area contributed by atoms with Crippen molar-refractivity contribution in [1.29, 1.82) is 0 Å². The van der Waals surface area contributed by atoms with Crippen molar-refractivity contribution in [1.82, 2.24) is 4.90 Å². The Kier molecular flexibility index (Phi) is 7.14. The van der Waals surface area contributed by atoms with Crippen LogP contribution >= 0.6 is 11.6 Å². The number of carbonyl (C=O) groups excluding carboxylic acids is 1. The van der Waals surface area contributed by atoms with Crippen molar-refractivity contribution in [3.05, 3.63) is 88.9 Å². The highest BCUT2D eigenvalue weighted by molar-refractivity contribution is 7.92. The van der Waals surface area contributed by atoms with Gasteiger partial charge in [0, 0.05) is 36.0 Å². The number of sulfonamides is 1. The third-order valence-corrected chi connectivity index (χ3v) is 7.48. The van der Waals surface area contributed by atoms with E-state index >= 15 is 0 Å². The summed E-state index contributed by atoms with van der Waals surface area (Å²) in [4.78, 5) is 16.8. The lowest BCUT2D eigenvalue weighted by molar-refractivity contribution is 0.192. The maximum absolute atomic E-state index is 13.2. The van der Waals surface area contributed by atoms with Gasteiger partial charge in [-0.05, 0) is 65.9 Å². The molecule has 8 heteroatoms. The summed E-state index contributed by atoms with van der Waals surface area (Å²) in [6.45, 7) is 6.21. The Hall–Kier alpha value is -3.03. The molecule has 3 aromatic rings. The van der Waals surface area contributed by atoms with E-state index in [0.717, 1.165) is 17.7 Å². The highest BCUT2D eigenvalue weighted by Gasteiger charge is 2.27. The first-order valence-corrected chi connectivity index (χ1v) is 13.1. The number of hydrogen-bond acceptors (Lipinski definition) is 3. The third-order valence-electron chi connectivity index (χ3n) is 5.87. The SMILES string of the molecule is CC(C)c1ccc(CN2CCCN(c3ccc(NS(=O)(=O)c4cccc(Cl)c4)cc3)C2=O)cc1. The molecule has 0 bridgehead atoms. The second kappa shape index (κ2) is 10.1. The Labute approximate surface area is 206 Å². The molecular weight excluding hydrogens is 470 g/mol. The van der Waals surface area contributed by atoms with Crippen molar-refractivity contribution in [3.63, 3.8) is 0 Å². The van der Waals surface area contributed by atoms with Crippen LogP contribution in [0.15, 0.2) is 77.7 Å². The summed E-state index contributed by atoms with van der Waals surface area (Å²) in [5.74, 6) is 0.471. The minimum absolute atomic E-state index is 0.0496. The monoisotopic (exact) mass is 497 g/mol. The normalized spacial score (nSPS) is 14.5. The fourth-order valence-electron chi connectivity index (χ4n) is 3.95. The molecule has 0 unspecified atom stereocenters. The van der Waals surface area contributed by atoms with Crippen molar-refractivity contribution in [2.24, 2.45) is 0 Å². The van der Waals surface area contributed by atoms with Gasteiger partial charge in [0.2, 0.25) is 0 Å². The van der Waals surface area contributed by atoms with Gasteiger partial charge in [-0.3, -0.25) is 9.62 Å². The van der Waals surface area contributed by atoms with Crippen LogP contribution in [0.1, 0.15) is 37.3 Å². The fraction of sp³-hybridized carbons (Fsp3) is 0.269. The molecule has 1 N–H and O–H groups in total. The topological polar surface area (TPSA) is 69.7 Å². The Bertz CT molecular complexity index is 1260. The van der Waals surface area contributed by atoms with Gasteiger partial charge >= 0.3 is 6.03 Å². The summed E-state index contributed by atoms with van der Waals surface area (Å²) in [7, 11) is -3.76. The van der Waals surface area contributed by atoms with Crippen LogP contribution in [0.5, 0.6) is 0 Å². The van der Waals surface area contributed by atoms with Gasteiger partial charge in [0.1, 0.15) is 0 Å². The first-order chi connectivity index (χ1) is 16.2. The summed E-state index contributed by atoms with van der Waals surface area (Å²) in [6, 6.07) is 21.3. The number of rotatable bonds is 7. The predicted octanol–water partition coefficient (Wildman–Crippen LogP) is 6.10. The standard InChI is InChI=1S/C26H28ClN3O3S/c1-19(2)21-9-7-20(8-10-21)18-29-15-4-16-30(26(29)31)24-13-11-23(12-14-24)28-34(32,33)25-6-3-5-22(27)17-25/h3,5-14,17,19,28H,4,15-16,18H2,1-2H3. The van der Waals surface area contributed by atoms with E-state index in [1.165, 1.54) is 17.7 Å². The number of benzene rings is 3. The van der Waals surface area contributed by atoms with Gasteiger partial charge in [0.15, 0.2) is 0 Å². The molecule has 1 saturated heterocycles. The first-order valence-electron chi connectivity index (χ1n) is 11.3. The van der Waals surface area contributed by atoms with E-state index in [1.807, 2.05) is 4.90 Å². The smallest absolute Gasteiger partial charge is 0.320 e. The van der Waals surface area contributed by atoms with Crippen LogP contribution in [0.3, 0.4) is 0 Å². The van der Waals surface area contributed by atoms with Crippen molar-refractivity contribution in [3.8, 4) is 0 Å². The number of anilines is 2. The number of amides is 2. The van der Waals surface area contributed by atoms with Crippen molar-refractivity contribution in [2.45, 2.75) is 37.6 Å². The van der Waals surface area contributed by atoms with Gasteiger partial charge in [-0.1, -0.05) is 55.8 Å². The summed E-state index contributed by atoms with van der Waals surface area (Å²) < 4.78 is 27.8. The van der Waals surface area contributed by atoms with E-state index in [0.29, 0.717) is 36.3 Å². The molecule has 0 radical (unpaired) electrons. The molecule has 0 saturated carbocycles. The minimum atomic E-state index is -3.76. The zero-order valence-electron chi connectivity index (χ0n) is 19.2. The lowest BCUT2D eigenvalue weighted by Gasteiger charge is -2.35. The number of carbonyl (C=O) groups is 1. The molecule has 1 aliphatic heterocycles. The van der Waals surface area contributed by atoms with Crippen LogP contribution in [-0.2, 0) is 16.6 Å². The van der Waals surface area contributed by atoms with Crippen LogP contribution in [-0.4, -0.2) is 32.4 Å². The average molecular weight is 498 g/mol. The molecule has 34 heavy (non-hydrogen) atoms. The molecule has 2 amide bonds. The fourth-order valence-corrected chi connectivity index (χ4v) is 5.31. The Balaban J connectivity index is 1.44. The number of urea groups is 1. The number of hydrogen-bond donors (Lipinski definition) is 1. The summed E-state index contributed by atoms with van der Waals surface area (Å²) in [5.41, 5.74) is 3.53. The molecule has 3 aromatic carbocycles. The molecule has 1 heterocycles. The molecular formula is C26H28ClN3O3S. The zero-order valence-corrected chi connectivity index (χ0v) is 20.8. The van der Waals surface area contributed by atoms with Crippen molar-refractivity contribution < 1.29 is 13.2 Å². The maximum Gasteiger partial charge on any atom is 0.324 e. The van der Waals surface area contributed by atoms with E-state index in [2.05, 4.69) is 42.8 Å². The number of nitrogens with zero attached hydrogens (tertiary/aromatic N) is 2. The highest BCUT2D eigenvalue weighted by atomic mass is 35.5. The summed E-state index contributed by atoms with van der Waals surface area (Å²) >= 11 is 5.92. The van der Waals surface area contributed by atoms with E-state index in [1.54, 1.807) is 41.3 Å². The molecule has 1 aliphatic rings. The van der Waals surface area contributed by atoms with Gasteiger partial charge in [0.25, 0.3) is 10.0 Å². The maximum atomic E-state index is 13.2. The first kappa shape index (κ1) is 24.1. The van der Waals surface area contributed by atoms with E-state index in [-0.39, 0.29) is 10.9 Å². The summed E-state index contributed by atoms with van der Waals surface area (Å²) in [5, 5.41) is 0.349. The van der Waals surface area contributed by atoms with Gasteiger partial charge in [-0.15, -0.1) is 0 Å². The minimum Gasteiger partial charge on any atom is -0.320 e. The molecule has 1 fully saturated rings. The lowest BCUT2D eigenvalue weighted by atomic mass is 10.0. The van der Waals surface area contributed by atoms with E-state index in [9.17, 15) is 13.2 Å². The zero-order chi connectivity index (χ0) is 24.3. The molecule has 178 valence electrons. The molecule has 0 spiro atoms. The molecule has 6 nitrogen and oxygen atoms in total. The van der Waals surface area contributed by atoms with Crippen molar-refractivity contribution in [2.75, 3.05) is 22.7 Å². The molecule has 0 aromatic heterocycles. The van der Waals surface area contributed by atoms with Crippen LogP contribution in [0.2, 0.25) is 5.02 Å².